The topological polar surface area (TPSA) is 55.0 Å². The first-order valence-electron chi connectivity index (χ1n) is 6.35. The maximum Gasteiger partial charge on any atom is 0.167 e. The Kier molecular flexibility index (Phi) is 3.21. The van der Waals surface area contributed by atoms with Gasteiger partial charge in [-0.15, -0.1) is 0 Å². The molecular formula is C16H14N2O2. The van der Waals surface area contributed by atoms with E-state index in [0.717, 1.165) is 16.5 Å². The molecule has 3 rings (SSSR count). The van der Waals surface area contributed by atoms with Crippen LogP contribution in [0.25, 0.3) is 10.9 Å². The summed E-state index contributed by atoms with van der Waals surface area (Å²) in [6, 6.07) is 13.1. The number of rotatable bonds is 4. The van der Waals surface area contributed by atoms with E-state index in [1.165, 1.54) is 0 Å². The summed E-state index contributed by atoms with van der Waals surface area (Å²) >= 11 is 0. The zero-order valence-electron chi connectivity index (χ0n) is 11.1. The number of carbonyl (C=O) groups excluding carboxylic acids is 1. The zero-order chi connectivity index (χ0) is 13.9. The van der Waals surface area contributed by atoms with Crippen LogP contribution in [-0.4, -0.2) is 23.1 Å². The normalized spacial score (nSPS) is 10.7. The molecule has 0 saturated heterocycles. The van der Waals surface area contributed by atoms with Crippen molar-refractivity contribution >= 4 is 16.7 Å². The first-order chi connectivity index (χ1) is 9.76. The number of ether oxygens (including phenoxy) is 1. The third kappa shape index (κ3) is 2.40. The number of H-pyrrole nitrogens is 1. The Hall–Kier alpha value is -2.62. The maximum atomic E-state index is 12.3. The summed E-state index contributed by atoms with van der Waals surface area (Å²) in [5, 5.41) is 7.89. The van der Waals surface area contributed by atoms with Crippen LogP contribution in [0, 0.1) is 0 Å². The van der Waals surface area contributed by atoms with Crippen molar-refractivity contribution in [1.82, 2.24) is 10.2 Å². The Labute approximate surface area is 116 Å². The molecule has 0 fully saturated rings. The van der Waals surface area contributed by atoms with Gasteiger partial charge in [-0.1, -0.05) is 18.2 Å². The lowest BCUT2D eigenvalue weighted by Crippen LogP contribution is -2.03. The van der Waals surface area contributed by atoms with Crippen LogP contribution in [0.5, 0.6) is 5.75 Å². The highest BCUT2D eigenvalue weighted by Crippen LogP contribution is 2.17. The van der Waals surface area contributed by atoms with Gasteiger partial charge >= 0.3 is 0 Å². The van der Waals surface area contributed by atoms with Crippen molar-refractivity contribution < 1.29 is 9.53 Å². The molecule has 0 aliphatic carbocycles. The second-order valence-corrected chi connectivity index (χ2v) is 4.62. The van der Waals surface area contributed by atoms with E-state index in [0.29, 0.717) is 17.7 Å². The van der Waals surface area contributed by atoms with Crippen molar-refractivity contribution in [2.45, 2.75) is 6.42 Å². The third-order valence-electron chi connectivity index (χ3n) is 3.26. The molecule has 4 heteroatoms. The number of aromatic nitrogens is 2. The Bertz CT molecular complexity index is 762. The molecule has 1 aromatic heterocycles. The predicted octanol–water partition coefficient (Wildman–Crippen LogP) is 3.00. The first kappa shape index (κ1) is 12.4. The van der Waals surface area contributed by atoms with Crippen LogP contribution in [0.2, 0.25) is 0 Å². The summed E-state index contributed by atoms with van der Waals surface area (Å²) in [6.07, 6.45) is 2.13. The van der Waals surface area contributed by atoms with Gasteiger partial charge in [0.05, 0.1) is 18.8 Å². The van der Waals surface area contributed by atoms with Crippen LogP contribution in [0.3, 0.4) is 0 Å². The van der Waals surface area contributed by atoms with Gasteiger partial charge in [0.2, 0.25) is 0 Å². The van der Waals surface area contributed by atoms with E-state index in [9.17, 15) is 4.79 Å². The Balaban J connectivity index is 1.83. The summed E-state index contributed by atoms with van der Waals surface area (Å²) in [6.45, 7) is 0. The first-order valence-corrected chi connectivity index (χ1v) is 6.35. The van der Waals surface area contributed by atoms with E-state index in [4.69, 9.17) is 4.74 Å². The number of Topliss-reactive ketones (excluding diaryl/α,β-unsaturated/α-hetero) is 1. The number of aromatic amines is 1. The quantitative estimate of drug-likeness (QED) is 0.738. The number of nitrogens with zero attached hydrogens (tertiary/aromatic N) is 1. The molecule has 0 bridgehead atoms. The smallest absolute Gasteiger partial charge is 0.167 e. The molecule has 4 nitrogen and oxygen atoms in total. The van der Waals surface area contributed by atoms with Gasteiger partial charge in [0.1, 0.15) is 5.75 Å². The van der Waals surface area contributed by atoms with E-state index in [2.05, 4.69) is 10.2 Å². The lowest BCUT2D eigenvalue weighted by atomic mass is 10.0. The molecule has 1 N–H and O–H groups in total. The van der Waals surface area contributed by atoms with Gasteiger partial charge in [0, 0.05) is 17.4 Å². The van der Waals surface area contributed by atoms with E-state index >= 15 is 0 Å². The standard InChI is InChI=1S/C16H14N2O2/c1-20-14-4-2-3-12(9-14)16(19)8-11-5-6-15-13(7-11)10-17-18-15/h2-7,9-10H,8H2,1H3,(H,17,18). The number of methoxy groups -OCH3 is 1. The van der Waals surface area contributed by atoms with Crippen molar-refractivity contribution in [3.05, 3.63) is 59.8 Å². The summed E-state index contributed by atoms with van der Waals surface area (Å²) in [7, 11) is 1.59. The Morgan fingerprint density at radius 1 is 1.25 bits per heavy atom. The SMILES string of the molecule is COc1cccc(C(=O)Cc2ccc3[nH]ncc3c2)c1. The van der Waals surface area contributed by atoms with E-state index in [-0.39, 0.29) is 5.78 Å². The van der Waals surface area contributed by atoms with Crippen molar-refractivity contribution in [2.24, 2.45) is 0 Å². The number of fused-ring (bicyclic) bond motifs is 1. The second kappa shape index (κ2) is 5.17. The number of hydrogen-bond acceptors (Lipinski definition) is 3. The molecule has 0 spiro atoms. The van der Waals surface area contributed by atoms with Gasteiger partial charge < -0.3 is 4.74 Å². The number of benzene rings is 2. The molecule has 1 heterocycles. The third-order valence-corrected chi connectivity index (χ3v) is 3.26. The summed E-state index contributed by atoms with van der Waals surface area (Å²) < 4.78 is 5.14. The minimum absolute atomic E-state index is 0.0757. The Morgan fingerprint density at radius 3 is 3.00 bits per heavy atom. The highest BCUT2D eigenvalue weighted by Gasteiger charge is 2.09. The fourth-order valence-corrected chi connectivity index (χ4v) is 2.19. The average molecular weight is 266 g/mol. The molecule has 0 amide bonds. The van der Waals surface area contributed by atoms with Crippen LogP contribution < -0.4 is 4.74 Å². The molecular weight excluding hydrogens is 252 g/mol. The lowest BCUT2D eigenvalue weighted by Gasteiger charge is -2.04. The van der Waals surface area contributed by atoms with E-state index in [1.54, 1.807) is 25.4 Å². The number of hydrogen-bond donors (Lipinski definition) is 1. The van der Waals surface area contributed by atoms with Gasteiger partial charge in [-0.25, -0.2) is 0 Å². The van der Waals surface area contributed by atoms with Gasteiger partial charge in [0.15, 0.2) is 5.78 Å². The zero-order valence-corrected chi connectivity index (χ0v) is 11.1. The predicted molar refractivity (Wildman–Crippen MR) is 77.1 cm³/mol. The molecule has 0 radical (unpaired) electrons. The number of carbonyl (C=O) groups is 1. The fourth-order valence-electron chi connectivity index (χ4n) is 2.19. The monoisotopic (exact) mass is 266 g/mol. The fraction of sp³-hybridized carbons (Fsp3) is 0.125. The van der Waals surface area contributed by atoms with Gasteiger partial charge in [-0.05, 0) is 29.8 Å². The van der Waals surface area contributed by atoms with Gasteiger partial charge in [-0.2, -0.15) is 5.10 Å². The van der Waals surface area contributed by atoms with Crippen LogP contribution >= 0.6 is 0 Å². The van der Waals surface area contributed by atoms with Crippen molar-refractivity contribution in [1.29, 1.82) is 0 Å². The molecule has 0 aliphatic rings. The van der Waals surface area contributed by atoms with E-state index < -0.39 is 0 Å². The molecule has 20 heavy (non-hydrogen) atoms. The molecule has 0 unspecified atom stereocenters. The number of nitrogens with one attached hydrogen (secondary N) is 1. The average Bonchev–Trinajstić information content (AvgIpc) is 2.95. The molecule has 0 aliphatic heterocycles. The molecule has 3 aromatic rings. The highest BCUT2D eigenvalue weighted by molar-refractivity contribution is 5.98. The maximum absolute atomic E-state index is 12.3. The van der Waals surface area contributed by atoms with Crippen LogP contribution in [0.15, 0.2) is 48.7 Å². The van der Waals surface area contributed by atoms with Crippen molar-refractivity contribution in [3.8, 4) is 5.75 Å². The van der Waals surface area contributed by atoms with Crippen LogP contribution in [0.1, 0.15) is 15.9 Å². The van der Waals surface area contributed by atoms with E-state index in [1.807, 2.05) is 30.3 Å². The molecule has 100 valence electrons. The van der Waals surface area contributed by atoms with Crippen LogP contribution in [-0.2, 0) is 6.42 Å². The minimum Gasteiger partial charge on any atom is -0.497 e. The summed E-state index contributed by atoms with van der Waals surface area (Å²) in [4.78, 5) is 12.3. The summed E-state index contributed by atoms with van der Waals surface area (Å²) in [5.74, 6) is 0.771. The largest absolute Gasteiger partial charge is 0.497 e. The molecule has 0 saturated carbocycles. The number of ketones is 1. The minimum atomic E-state index is 0.0757. The molecule has 2 aromatic carbocycles. The molecule has 0 atom stereocenters. The lowest BCUT2D eigenvalue weighted by molar-refractivity contribution is 0.0992. The highest BCUT2D eigenvalue weighted by atomic mass is 16.5. The second-order valence-electron chi connectivity index (χ2n) is 4.62. The summed E-state index contributed by atoms with van der Waals surface area (Å²) in [5.41, 5.74) is 2.62. The van der Waals surface area contributed by atoms with Crippen LogP contribution in [0.4, 0.5) is 0 Å². The van der Waals surface area contributed by atoms with Crippen molar-refractivity contribution in [2.75, 3.05) is 7.11 Å². The Morgan fingerprint density at radius 2 is 2.15 bits per heavy atom. The van der Waals surface area contributed by atoms with Crippen molar-refractivity contribution in [3.63, 3.8) is 0 Å². The van der Waals surface area contributed by atoms with Gasteiger partial charge in [-0.3, -0.25) is 9.89 Å². The van der Waals surface area contributed by atoms with Gasteiger partial charge in [0.25, 0.3) is 0 Å².